The number of carbonyl (C=O) groups excluding carboxylic acids is 2. The quantitative estimate of drug-likeness (QED) is 0.838. The van der Waals surface area contributed by atoms with Crippen LogP contribution in [-0.2, 0) is 4.79 Å². The third-order valence-electron chi connectivity index (χ3n) is 5.35. The average molecular weight is 347 g/mol. The van der Waals surface area contributed by atoms with Crippen LogP contribution in [0.3, 0.4) is 0 Å². The van der Waals surface area contributed by atoms with E-state index >= 15 is 0 Å². The highest BCUT2D eigenvalue weighted by Crippen LogP contribution is 2.22. The molecule has 2 saturated heterocycles. The van der Waals surface area contributed by atoms with Gasteiger partial charge in [0.25, 0.3) is 5.91 Å². The van der Waals surface area contributed by atoms with Crippen molar-refractivity contribution in [1.29, 1.82) is 0 Å². The van der Waals surface area contributed by atoms with E-state index in [1.54, 1.807) is 4.90 Å². The first-order valence-electron chi connectivity index (χ1n) is 9.14. The van der Waals surface area contributed by atoms with Crippen LogP contribution in [-0.4, -0.2) is 72.3 Å². The zero-order valence-corrected chi connectivity index (χ0v) is 14.8. The largest absolute Gasteiger partial charge is 0.340 e. The van der Waals surface area contributed by atoms with Crippen molar-refractivity contribution in [2.45, 2.75) is 19.8 Å². The number of amides is 2. The first kappa shape index (κ1) is 17.9. The molecule has 0 radical (unpaired) electrons. The summed E-state index contributed by atoms with van der Waals surface area (Å²) in [5, 5.41) is 0. The van der Waals surface area contributed by atoms with Crippen LogP contribution in [0, 0.1) is 11.7 Å². The third kappa shape index (κ3) is 4.18. The number of hydrogen-bond donors (Lipinski definition) is 0. The van der Waals surface area contributed by atoms with Gasteiger partial charge >= 0.3 is 0 Å². The van der Waals surface area contributed by atoms with E-state index in [0.29, 0.717) is 31.5 Å². The number of halogens is 1. The molecule has 2 heterocycles. The Kier molecular flexibility index (Phi) is 5.68. The Morgan fingerprint density at radius 3 is 2.12 bits per heavy atom. The molecule has 2 amide bonds. The van der Waals surface area contributed by atoms with E-state index in [0.717, 1.165) is 32.7 Å². The summed E-state index contributed by atoms with van der Waals surface area (Å²) in [5.41, 5.74) is 0.502. The van der Waals surface area contributed by atoms with Gasteiger partial charge in [-0.15, -0.1) is 0 Å². The first-order chi connectivity index (χ1) is 12.1. The van der Waals surface area contributed by atoms with Crippen LogP contribution in [0.25, 0.3) is 0 Å². The highest BCUT2D eigenvalue weighted by molar-refractivity contribution is 5.94. The van der Waals surface area contributed by atoms with Gasteiger partial charge in [-0.3, -0.25) is 9.59 Å². The first-order valence-corrected chi connectivity index (χ1v) is 9.14. The molecule has 1 aromatic rings. The van der Waals surface area contributed by atoms with Crippen molar-refractivity contribution in [3.63, 3.8) is 0 Å². The Hall–Kier alpha value is -1.95. The lowest BCUT2D eigenvalue weighted by Gasteiger charge is -2.38. The lowest BCUT2D eigenvalue weighted by molar-refractivity contribution is -0.138. The van der Waals surface area contributed by atoms with E-state index in [1.165, 1.54) is 24.3 Å². The number of likely N-dealkylation sites (N-methyl/N-ethyl adjacent to an activating group) is 1. The van der Waals surface area contributed by atoms with Crippen molar-refractivity contribution < 1.29 is 14.0 Å². The molecule has 0 unspecified atom stereocenters. The van der Waals surface area contributed by atoms with Gasteiger partial charge < -0.3 is 14.7 Å². The second kappa shape index (κ2) is 7.95. The summed E-state index contributed by atoms with van der Waals surface area (Å²) < 4.78 is 13.0. The fourth-order valence-corrected chi connectivity index (χ4v) is 3.65. The van der Waals surface area contributed by atoms with Gasteiger partial charge in [-0.2, -0.15) is 0 Å². The van der Waals surface area contributed by atoms with Gasteiger partial charge in [-0.05, 0) is 43.7 Å². The molecule has 0 bridgehead atoms. The van der Waals surface area contributed by atoms with E-state index in [4.69, 9.17) is 0 Å². The molecule has 25 heavy (non-hydrogen) atoms. The van der Waals surface area contributed by atoms with Gasteiger partial charge in [-0.1, -0.05) is 6.92 Å². The molecule has 2 aliphatic rings. The molecule has 3 rings (SSSR count). The Morgan fingerprint density at radius 1 is 0.960 bits per heavy atom. The van der Waals surface area contributed by atoms with Gasteiger partial charge in [0.15, 0.2) is 0 Å². The number of rotatable bonds is 3. The zero-order chi connectivity index (χ0) is 17.8. The molecule has 0 atom stereocenters. The van der Waals surface area contributed by atoms with Gasteiger partial charge in [0.1, 0.15) is 5.82 Å². The molecule has 2 fully saturated rings. The number of nitrogens with zero attached hydrogens (tertiary/aromatic N) is 3. The fourth-order valence-electron chi connectivity index (χ4n) is 3.65. The van der Waals surface area contributed by atoms with Crippen LogP contribution in [0.1, 0.15) is 30.1 Å². The van der Waals surface area contributed by atoms with Gasteiger partial charge in [0.05, 0.1) is 0 Å². The second-order valence-electron chi connectivity index (χ2n) is 6.83. The summed E-state index contributed by atoms with van der Waals surface area (Å²) in [6, 6.07) is 5.64. The maximum Gasteiger partial charge on any atom is 0.253 e. The van der Waals surface area contributed by atoms with Crippen LogP contribution in [0.15, 0.2) is 24.3 Å². The molecule has 2 aliphatic heterocycles. The summed E-state index contributed by atoms with van der Waals surface area (Å²) in [4.78, 5) is 31.3. The number of benzene rings is 1. The summed E-state index contributed by atoms with van der Waals surface area (Å²) in [5.74, 6) is -0.165. The van der Waals surface area contributed by atoms with Crippen molar-refractivity contribution >= 4 is 11.8 Å². The summed E-state index contributed by atoms with van der Waals surface area (Å²) in [6.07, 6.45) is 1.42. The van der Waals surface area contributed by atoms with Gasteiger partial charge in [0.2, 0.25) is 5.91 Å². The van der Waals surface area contributed by atoms with Crippen molar-refractivity contribution in [1.82, 2.24) is 14.7 Å². The predicted molar refractivity (Wildman–Crippen MR) is 93.7 cm³/mol. The second-order valence-corrected chi connectivity index (χ2v) is 6.83. The fraction of sp³-hybridized carbons (Fsp3) is 0.579. The Balaban J connectivity index is 1.50. The topological polar surface area (TPSA) is 43.9 Å². The van der Waals surface area contributed by atoms with Crippen LogP contribution in [0.2, 0.25) is 0 Å². The maximum absolute atomic E-state index is 13.0. The van der Waals surface area contributed by atoms with E-state index in [-0.39, 0.29) is 23.5 Å². The number of carbonyl (C=O) groups is 2. The minimum absolute atomic E-state index is 0.0189. The minimum Gasteiger partial charge on any atom is -0.340 e. The minimum atomic E-state index is -0.343. The van der Waals surface area contributed by atoms with Crippen LogP contribution in [0.4, 0.5) is 4.39 Å². The molecular formula is C19H26FN3O2. The number of piperidine rings is 1. The van der Waals surface area contributed by atoms with Crippen LogP contribution < -0.4 is 0 Å². The summed E-state index contributed by atoms with van der Waals surface area (Å²) in [6.45, 7) is 7.86. The van der Waals surface area contributed by atoms with Gasteiger partial charge in [0, 0.05) is 50.7 Å². The smallest absolute Gasteiger partial charge is 0.253 e. The molecule has 0 aromatic heterocycles. The predicted octanol–water partition coefficient (Wildman–Crippen LogP) is 1.84. The van der Waals surface area contributed by atoms with Crippen molar-refractivity contribution in [2.24, 2.45) is 5.92 Å². The van der Waals surface area contributed by atoms with Crippen molar-refractivity contribution in [3.8, 4) is 0 Å². The normalized spacial score (nSPS) is 19.9. The Bertz CT molecular complexity index is 604. The molecule has 5 nitrogen and oxygen atoms in total. The molecule has 0 N–H and O–H groups in total. The summed E-state index contributed by atoms with van der Waals surface area (Å²) >= 11 is 0. The zero-order valence-electron chi connectivity index (χ0n) is 14.8. The molecule has 0 aliphatic carbocycles. The highest BCUT2D eigenvalue weighted by Gasteiger charge is 2.31. The Labute approximate surface area is 148 Å². The average Bonchev–Trinajstić information content (AvgIpc) is 2.67. The number of likely N-dealkylation sites (tertiary alicyclic amines) is 1. The van der Waals surface area contributed by atoms with Crippen LogP contribution >= 0.6 is 0 Å². The molecule has 0 saturated carbocycles. The lowest BCUT2D eigenvalue weighted by Crippen LogP contribution is -2.51. The molecule has 1 aromatic carbocycles. The van der Waals surface area contributed by atoms with Crippen molar-refractivity contribution in [3.05, 3.63) is 35.6 Å². The molecular weight excluding hydrogens is 321 g/mol. The standard InChI is InChI=1S/C19H26FN3O2/c1-2-21-11-13-23(14-12-21)19(25)16-7-9-22(10-8-16)18(24)15-3-5-17(20)6-4-15/h3-6,16H,2,7-14H2,1H3. The molecule has 136 valence electrons. The number of hydrogen-bond acceptors (Lipinski definition) is 3. The Morgan fingerprint density at radius 2 is 1.56 bits per heavy atom. The van der Waals surface area contributed by atoms with Crippen LogP contribution in [0.5, 0.6) is 0 Å². The SMILES string of the molecule is CCN1CCN(C(=O)C2CCN(C(=O)c3ccc(F)cc3)CC2)CC1. The monoisotopic (exact) mass is 347 g/mol. The van der Waals surface area contributed by atoms with Crippen molar-refractivity contribution in [2.75, 3.05) is 45.8 Å². The van der Waals surface area contributed by atoms with E-state index < -0.39 is 0 Å². The summed E-state index contributed by atoms with van der Waals surface area (Å²) in [7, 11) is 0. The number of piperazine rings is 1. The van der Waals surface area contributed by atoms with Gasteiger partial charge in [-0.25, -0.2) is 4.39 Å². The lowest BCUT2D eigenvalue weighted by atomic mass is 9.94. The van der Waals surface area contributed by atoms with E-state index in [1.807, 2.05) is 4.90 Å². The van der Waals surface area contributed by atoms with E-state index in [2.05, 4.69) is 11.8 Å². The molecule has 0 spiro atoms. The third-order valence-corrected chi connectivity index (χ3v) is 5.35. The molecule has 6 heteroatoms. The maximum atomic E-state index is 13.0. The highest BCUT2D eigenvalue weighted by atomic mass is 19.1. The van der Waals surface area contributed by atoms with E-state index in [9.17, 15) is 14.0 Å².